The van der Waals surface area contributed by atoms with Gasteiger partial charge in [-0.25, -0.2) is 8.42 Å². The molecular weight excluding hydrogens is 306 g/mol. The molecule has 1 N–H and O–H groups in total. The van der Waals surface area contributed by atoms with Crippen molar-refractivity contribution in [2.75, 3.05) is 26.8 Å². The highest BCUT2D eigenvalue weighted by Gasteiger charge is 2.47. The van der Waals surface area contributed by atoms with Crippen molar-refractivity contribution >= 4 is 10.0 Å². The molecule has 0 aliphatic carbocycles. The minimum Gasteiger partial charge on any atom is -0.487 e. The molecule has 0 saturated carbocycles. The standard InChI is InChI=1S/C15H21NO5S/c1-14(2)7-11-6-12(4-5-13(11)21-14)22(18,19)16-8-15(17,9-16)10-20-3/h4-6,17H,7-10H2,1-3H3. The molecule has 2 heterocycles. The van der Waals surface area contributed by atoms with Crippen LogP contribution in [0, 0.1) is 0 Å². The number of hydrogen-bond donors (Lipinski definition) is 1. The Balaban J connectivity index is 1.81. The second-order valence-electron chi connectivity index (χ2n) is 6.74. The Morgan fingerprint density at radius 2 is 2.05 bits per heavy atom. The lowest BCUT2D eigenvalue weighted by Gasteiger charge is -2.44. The van der Waals surface area contributed by atoms with E-state index in [2.05, 4.69) is 0 Å². The molecule has 1 aromatic rings. The maximum absolute atomic E-state index is 12.6. The van der Waals surface area contributed by atoms with E-state index in [0.717, 1.165) is 11.3 Å². The monoisotopic (exact) mass is 327 g/mol. The fraction of sp³-hybridized carbons (Fsp3) is 0.600. The molecule has 3 rings (SSSR count). The molecule has 7 heteroatoms. The molecule has 1 saturated heterocycles. The summed E-state index contributed by atoms with van der Waals surface area (Å²) in [6.07, 6.45) is 0.680. The molecule has 1 fully saturated rings. The first-order chi connectivity index (χ1) is 10.2. The Morgan fingerprint density at radius 1 is 1.36 bits per heavy atom. The highest BCUT2D eigenvalue weighted by atomic mass is 32.2. The lowest BCUT2D eigenvalue weighted by Crippen LogP contribution is -2.65. The molecule has 0 bridgehead atoms. The van der Waals surface area contributed by atoms with Crippen molar-refractivity contribution in [3.05, 3.63) is 23.8 Å². The lowest BCUT2D eigenvalue weighted by atomic mass is 9.99. The fourth-order valence-electron chi connectivity index (χ4n) is 3.04. The third kappa shape index (κ3) is 2.62. The van der Waals surface area contributed by atoms with Crippen LogP contribution in [0.4, 0.5) is 0 Å². The second kappa shape index (κ2) is 4.92. The molecule has 0 amide bonds. The Morgan fingerprint density at radius 3 is 2.68 bits per heavy atom. The molecule has 0 radical (unpaired) electrons. The summed E-state index contributed by atoms with van der Waals surface area (Å²) in [6, 6.07) is 4.94. The van der Waals surface area contributed by atoms with E-state index in [1.165, 1.54) is 11.4 Å². The van der Waals surface area contributed by atoms with Crippen molar-refractivity contribution in [1.82, 2.24) is 4.31 Å². The van der Waals surface area contributed by atoms with E-state index >= 15 is 0 Å². The summed E-state index contributed by atoms with van der Waals surface area (Å²) in [5.74, 6) is 0.739. The van der Waals surface area contributed by atoms with E-state index in [9.17, 15) is 13.5 Å². The summed E-state index contributed by atoms with van der Waals surface area (Å²) >= 11 is 0. The van der Waals surface area contributed by atoms with Gasteiger partial charge in [0.15, 0.2) is 0 Å². The fourth-order valence-corrected chi connectivity index (χ4v) is 4.69. The Kier molecular flexibility index (Phi) is 3.52. The van der Waals surface area contributed by atoms with Gasteiger partial charge in [-0.2, -0.15) is 4.31 Å². The summed E-state index contributed by atoms with van der Waals surface area (Å²) in [5, 5.41) is 10.1. The number of rotatable bonds is 4. The van der Waals surface area contributed by atoms with Crippen LogP contribution in [-0.4, -0.2) is 55.8 Å². The van der Waals surface area contributed by atoms with Gasteiger partial charge in [0, 0.05) is 26.6 Å². The first-order valence-corrected chi connectivity index (χ1v) is 8.63. The number of benzene rings is 1. The molecule has 0 aromatic heterocycles. The summed E-state index contributed by atoms with van der Waals surface area (Å²) in [7, 11) is -2.10. The SMILES string of the molecule is COCC1(O)CN(S(=O)(=O)c2ccc3c(c2)CC(C)(C)O3)C1. The van der Waals surface area contributed by atoms with Crippen LogP contribution in [-0.2, 0) is 21.2 Å². The van der Waals surface area contributed by atoms with Crippen molar-refractivity contribution in [3.63, 3.8) is 0 Å². The van der Waals surface area contributed by atoms with Crippen LogP contribution < -0.4 is 4.74 Å². The van der Waals surface area contributed by atoms with E-state index in [4.69, 9.17) is 9.47 Å². The number of fused-ring (bicyclic) bond motifs is 1. The summed E-state index contributed by atoms with van der Waals surface area (Å²) < 4.78 is 37.1. The topological polar surface area (TPSA) is 76.1 Å². The van der Waals surface area contributed by atoms with Crippen LogP contribution in [0.25, 0.3) is 0 Å². The Hall–Kier alpha value is -1.15. The number of nitrogens with zero attached hydrogens (tertiary/aromatic N) is 1. The normalized spacial score (nSPS) is 22.7. The van der Waals surface area contributed by atoms with Gasteiger partial charge in [0.25, 0.3) is 0 Å². The van der Waals surface area contributed by atoms with Crippen LogP contribution in [0.15, 0.2) is 23.1 Å². The minimum atomic E-state index is -3.59. The van der Waals surface area contributed by atoms with Crippen molar-refractivity contribution < 1.29 is 23.0 Å². The predicted molar refractivity (Wildman–Crippen MR) is 80.4 cm³/mol. The number of methoxy groups -OCH3 is 1. The van der Waals surface area contributed by atoms with E-state index in [1.807, 2.05) is 13.8 Å². The van der Waals surface area contributed by atoms with Crippen molar-refractivity contribution in [3.8, 4) is 5.75 Å². The lowest BCUT2D eigenvalue weighted by molar-refractivity contribution is -0.103. The highest BCUT2D eigenvalue weighted by molar-refractivity contribution is 7.89. The van der Waals surface area contributed by atoms with Crippen LogP contribution >= 0.6 is 0 Å². The van der Waals surface area contributed by atoms with E-state index in [0.29, 0.717) is 6.42 Å². The number of aliphatic hydroxyl groups is 1. The minimum absolute atomic E-state index is 0.0578. The third-order valence-electron chi connectivity index (χ3n) is 4.03. The molecular formula is C15H21NO5S. The number of ether oxygens (including phenoxy) is 2. The quantitative estimate of drug-likeness (QED) is 0.884. The molecule has 1 aromatic carbocycles. The predicted octanol–water partition coefficient (Wildman–Crippen LogP) is 0.782. The average Bonchev–Trinajstić information content (AvgIpc) is 2.68. The van der Waals surface area contributed by atoms with Gasteiger partial charge in [-0.1, -0.05) is 0 Å². The third-order valence-corrected chi connectivity index (χ3v) is 5.81. The van der Waals surface area contributed by atoms with Crippen molar-refractivity contribution in [2.45, 2.75) is 36.4 Å². The molecule has 2 aliphatic rings. The van der Waals surface area contributed by atoms with Gasteiger partial charge < -0.3 is 14.6 Å². The maximum Gasteiger partial charge on any atom is 0.243 e. The maximum atomic E-state index is 12.6. The van der Waals surface area contributed by atoms with Crippen LogP contribution in [0.1, 0.15) is 19.4 Å². The molecule has 0 unspecified atom stereocenters. The van der Waals surface area contributed by atoms with Gasteiger partial charge in [-0.3, -0.25) is 0 Å². The van der Waals surface area contributed by atoms with Crippen molar-refractivity contribution in [1.29, 1.82) is 0 Å². The van der Waals surface area contributed by atoms with E-state index in [-0.39, 0.29) is 30.2 Å². The first-order valence-electron chi connectivity index (χ1n) is 7.19. The smallest absolute Gasteiger partial charge is 0.243 e. The zero-order valence-electron chi connectivity index (χ0n) is 13.0. The average molecular weight is 327 g/mol. The zero-order valence-corrected chi connectivity index (χ0v) is 13.8. The molecule has 6 nitrogen and oxygen atoms in total. The van der Waals surface area contributed by atoms with Gasteiger partial charge >= 0.3 is 0 Å². The van der Waals surface area contributed by atoms with Gasteiger partial charge in [0.1, 0.15) is 17.0 Å². The van der Waals surface area contributed by atoms with Gasteiger partial charge in [0.05, 0.1) is 11.5 Å². The largest absolute Gasteiger partial charge is 0.487 e. The molecule has 0 atom stereocenters. The Labute approximate surface area is 130 Å². The second-order valence-corrected chi connectivity index (χ2v) is 8.68. The van der Waals surface area contributed by atoms with Gasteiger partial charge in [0.2, 0.25) is 10.0 Å². The number of sulfonamides is 1. The van der Waals surface area contributed by atoms with E-state index in [1.54, 1.807) is 18.2 Å². The molecule has 22 heavy (non-hydrogen) atoms. The number of hydrogen-bond acceptors (Lipinski definition) is 5. The van der Waals surface area contributed by atoms with E-state index < -0.39 is 15.6 Å². The van der Waals surface area contributed by atoms with Crippen LogP contribution in [0.2, 0.25) is 0 Å². The van der Waals surface area contributed by atoms with Crippen LogP contribution in [0.3, 0.4) is 0 Å². The summed E-state index contributed by atoms with van der Waals surface area (Å²) in [6.45, 7) is 4.19. The Bertz CT molecular complexity index is 692. The molecule has 122 valence electrons. The van der Waals surface area contributed by atoms with Crippen LogP contribution in [0.5, 0.6) is 5.75 Å². The molecule has 0 spiro atoms. The first kappa shape index (κ1) is 15.7. The summed E-state index contributed by atoms with van der Waals surface area (Å²) in [4.78, 5) is 0.243. The highest BCUT2D eigenvalue weighted by Crippen LogP contribution is 2.37. The van der Waals surface area contributed by atoms with Crippen molar-refractivity contribution in [2.24, 2.45) is 0 Å². The van der Waals surface area contributed by atoms with Gasteiger partial charge in [-0.15, -0.1) is 0 Å². The summed E-state index contributed by atoms with van der Waals surface area (Å²) in [5.41, 5.74) is -0.483. The number of β-amino-alcohol motifs (C(OH)–C–C–N with tert-alkyl or cyclic N) is 1. The zero-order chi connectivity index (χ0) is 16.2. The van der Waals surface area contributed by atoms with Gasteiger partial charge in [-0.05, 0) is 37.6 Å². The molecule has 2 aliphatic heterocycles.